The lowest BCUT2D eigenvalue weighted by Crippen LogP contribution is -2.13. The minimum Gasteiger partial charge on any atom is -0.488 e. The Morgan fingerprint density at radius 1 is 0.800 bits per heavy atom. The monoisotopic (exact) mass is 264 g/mol. The number of ether oxygens (including phenoxy) is 1. The van der Waals surface area contributed by atoms with Gasteiger partial charge in [-0.2, -0.15) is 0 Å². The lowest BCUT2D eigenvalue weighted by atomic mass is 9.94. The summed E-state index contributed by atoms with van der Waals surface area (Å²) in [5.41, 5.74) is 1.77. The first-order chi connectivity index (χ1) is 9.75. The van der Waals surface area contributed by atoms with Gasteiger partial charge in [-0.25, -0.2) is 0 Å². The molecule has 20 heavy (non-hydrogen) atoms. The molecule has 0 aromatic heterocycles. The maximum absolute atomic E-state index is 11.9. The first-order valence-electron chi connectivity index (χ1n) is 6.32. The molecule has 0 fully saturated rings. The van der Waals surface area contributed by atoms with E-state index in [2.05, 4.69) is 0 Å². The quantitative estimate of drug-likeness (QED) is 0.855. The average Bonchev–Trinajstić information content (AvgIpc) is 2.50. The SMILES string of the molecule is O=C1C=CC(=O)c2c(OCc3ccccc3)cccc21. The minimum absolute atomic E-state index is 0.162. The summed E-state index contributed by atoms with van der Waals surface area (Å²) in [4.78, 5) is 23.7. The first-order valence-corrected chi connectivity index (χ1v) is 6.32. The summed E-state index contributed by atoms with van der Waals surface area (Å²) in [7, 11) is 0. The number of rotatable bonds is 3. The van der Waals surface area contributed by atoms with Crippen molar-refractivity contribution in [3.63, 3.8) is 0 Å². The van der Waals surface area contributed by atoms with Crippen molar-refractivity contribution in [2.45, 2.75) is 6.61 Å². The molecular formula is C17H12O3. The van der Waals surface area contributed by atoms with Gasteiger partial charge in [-0.05, 0) is 23.8 Å². The van der Waals surface area contributed by atoms with Crippen LogP contribution >= 0.6 is 0 Å². The van der Waals surface area contributed by atoms with E-state index in [4.69, 9.17) is 4.74 Å². The topological polar surface area (TPSA) is 43.4 Å². The summed E-state index contributed by atoms with van der Waals surface area (Å²) < 4.78 is 5.70. The lowest BCUT2D eigenvalue weighted by Gasteiger charge is -2.14. The Balaban J connectivity index is 1.90. The molecule has 0 spiro atoms. The predicted octanol–water partition coefficient (Wildman–Crippen LogP) is 3.20. The standard InChI is InChI=1S/C17H12O3/c18-14-9-10-15(19)17-13(14)7-4-8-16(17)20-11-12-5-2-1-3-6-12/h1-10H,11H2. The van der Waals surface area contributed by atoms with Gasteiger partial charge in [0.2, 0.25) is 0 Å². The van der Waals surface area contributed by atoms with Crippen molar-refractivity contribution in [2.75, 3.05) is 0 Å². The summed E-state index contributed by atoms with van der Waals surface area (Å²) in [6, 6.07) is 14.8. The van der Waals surface area contributed by atoms with Gasteiger partial charge in [-0.1, -0.05) is 42.5 Å². The number of ketones is 2. The third-order valence-corrected chi connectivity index (χ3v) is 3.16. The van der Waals surface area contributed by atoms with Crippen LogP contribution in [-0.2, 0) is 6.61 Å². The average molecular weight is 264 g/mol. The normalized spacial score (nSPS) is 13.2. The van der Waals surface area contributed by atoms with Crippen LogP contribution in [0.5, 0.6) is 5.75 Å². The largest absolute Gasteiger partial charge is 0.488 e. The Morgan fingerprint density at radius 3 is 2.35 bits per heavy atom. The van der Waals surface area contributed by atoms with E-state index in [-0.39, 0.29) is 11.6 Å². The van der Waals surface area contributed by atoms with Gasteiger partial charge < -0.3 is 4.74 Å². The molecule has 2 aromatic carbocycles. The lowest BCUT2D eigenvalue weighted by molar-refractivity contribution is 0.0990. The summed E-state index contributed by atoms with van der Waals surface area (Å²) in [6.45, 7) is 0.364. The van der Waals surface area contributed by atoms with Crippen LogP contribution in [-0.4, -0.2) is 11.6 Å². The van der Waals surface area contributed by atoms with Gasteiger partial charge in [0.05, 0.1) is 5.56 Å². The van der Waals surface area contributed by atoms with Crippen LogP contribution in [0.2, 0.25) is 0 Å². The van der Waals surface area contributed by atoms with Crippen molar-refractivity contribution in [3.05, 3.63) is 77.4 Å². The van der Waals surface area contributed by atoms with Crippen LogP contribution in [0.15, 0.2) is 60.7 Å². The van der Waals surface area contributed by atoms with Gasteiger partial charge in [0, 0.05) is 5.56 Å². The number of allylic oxidation sites excluding steroid dienone is 2. The zero-order valence-corrected chi connectivity index (χ0v) is 10.7. The van der Waals surface area contributed by atoms with E-state index in [9.17, 15) is 9.59 Å². The molecule has 2 aromatic rings. The van der Waals surface area contributed by atoms with Crippen molar-refractivity contribution in [2.24, 2.45) is 0 Å². The molecule has 3 rings (SSSR count). The highest BCUT2D eigenvalue weighted by Gasteiger charge is 2.22. The van der Waals surface area contributed by atoms with Crippen LogP contribution in [0.1, 0.15) is 26.3 Å². The number of benzene rings is 2. The molecule has 0 atom stereocenters. The molecule has 0 amide bonds. The minimum atomic E-state index is -0.191. The van der Waals surface area contributed by atoms with E-state index in [0.717, 1.165) is 5.56 Å². The van der Waals surface area contributed by atoms with Crippen LogP contribution in [0.4, 0.5) is 0 Å². The molecule has 0 unspecified atom stereocenters. The number of carbonyl (C=O) groups is 2. The van der Waals surface area contributed by atoms with E-state index in [1.807, 2.05) is 30.3 Å². The van der Waals surface area contributed by atoms with Crippen LogP contribution in [0.3, 0.4) is 0 Å². The molecule has 0 radical (unpaired) electrons. The Labute approximate surface area is 116 Å². The zero-order valence-electron chi connectivity index (χ0n) is 10.7. The Bertz CT molecular complexity index is 699. The van der Waals surface area contributed by atoms with Crippen molar-refractivity contribution in [1.29, 1.82) is 0 Å². The summed E-state index contributed by atoms with van der Waals surface area (Å²) >= 11 is 0. The van der Waals surface area contributed by atoms with Crippen LogP contribution in [0.25, 0.3) is 0 Å². The molecular weight excluding hydrogens is 252 g/mol. The van der Waals surface area contributed by atoms with E-state index >= 15 is 0 Å². The molecule has 3 nitrogen and oxygen atoms in total. The third kappa shape index (κ3) is 2.26. The zero-order chi connectivity index (χ0) is 13.9. The summed E-state index contributed by atoms with van der Waals surface area (Å²) in [5, 5.41) is 0. The molecule has 1 aliphatic rings. The molecule has 3 heteroatoms. The van der Waals surface area contributed by atoms with Gasteiger partial charge in [-0.3, -0.25) is 9.59 Å². The highest BCUT2D eigenvalue weighted by molar-refractivity contribution is 6.23. The van der Waals surface area contributed by atoms with Gasteiger partial charge in [-0.15, -0.1) is 0 Å². The Hall–Kier alpha value is -2.68. The maximum Gasteiger partial charge on any atom is 0.190 e. The summed E-state index contributed by atoms with van der Waals surface area (Å²) in [5.74, 6) is 0.0991. The van der Waals surface area contributed by atoms with E-state index < -0.39 is 0 Å². The molecule has 0 bridgehead atoms. The number of hydrogen-bond acceptors (Lipinski definition) is 3. The van der Waals surface area contributed by atoms with Crippen molar-refractivity contribution in [1.82, 2.24) is 0 Å². The second kappa shape index (κ2) is 5.13. The molecule has 0 aliphatic heterocycles. The Kier molecular flexibility index (Phi) is 3.17. The van der Waals surface area contributed by atoms with E-state index in [1.54, 1.807) is 18.2 Å². The van der Waals surface area contributed by atoms with Gasteiger partial charge in [0.15, 0.2) is 11.6 Å². The molecule has 98 valence electrons. The van der Waals surface area contributed by atoms with Crippen LogP contribution < -0.4 is 4.74 Å². The van der Waals surface area contributed by atoms with E-state index in [0.29, 0.717) is 23.5 Å². The second-order valence-corrected chi connectivity index (χ2v) is 4.51. The molecule has 0 saturated heterocycles. The number of fused-ring (bicyclic) bond motifs is 1. The fraction of sp³-hybridized carbons (Fsp3) is 0.0588. The highest BCUT2D eigenvalue weighted by atomic mass is 16.5. The van der Waals surface area contributed by atoms with Crippen LogP contribution in [0, 0.1) is 0 Å². The third-order valence-electron chi connectivity index (χ3n) is 3.16. The van der Waals surface area contributed by atoms with Gasteiger partial charge in [0.1, 0.15) is 12.4 Å². The Morgan fingerprint density at radius 2 is 1.55 bits per heavy atom. The predicted molar refractivity (Wildman–Crippen MR) is 75.0 cm³/mol. The smallest absolute Gasteiger partial charge is 0.190 e. The molecule has 0 saturated carbocycles. The number of carbonyl (C=O) groups excluding carboxylic acids is 2. The van der Waals surface area contributed by atoms with Crippen molar-refractivity contribution in [3.8, 4) is 5.75 Å². The van der Waals surface area contributed by atoms with Crippen molar-refractivity contribution < 1.29 is 14.3 Å². The van der Waals surface area contributed by atoms with Crippen molar-refractivity contribution >= 4 is 11.6 Å². The second-order valence-electron chi connectivity index (χ2n) is 4.51. The fourth-order valence-corrected chi connectivity index (χ4v) is 2.17. The number of hydrogen-bond donors (Lipinski definition) is 0. The maximum atomic E-state index is 11.9. The first kappa shape index (κ1) is 12.4. The summed E-state index contributed by atoms with van der Waals surface area (Å²) in [6.07, 6.45) is 2.59. The highest BCUT2D eigenvalue weighted by Crippen LogP contribution is 2.27. The van der Waals surface area contributed by atoms with Gasteiger partial charge in [0.25, 0.3) is 0 Å². The molecule has 1 aliphatic carbocycles. The molecule has 0 heterocycles. The fourth-order valence-electron chi connectivity index (χ4n) is 2.17. The van der Waals surface area contributed by atoms with E-state index in [1.165, 1.54) is 12.2 Å². The van der Waals surface area contributed by atoms with Gasteiger partial charge >= 0.3 is 0 Å². The molecule has 0 N–H and O–H groups in total.